The summed E-state index contributed by atoms with van der Waals surface area (Å²) in [7, 11) is 0. The Bertz CT molecular complexity index is 920. The van der Waals surface area contributed by atoms with Gasteiger partial charge < -0.3 is 20.1 Å². The molecule has 0 spiro atoms. The van der Waals surface area contributed by atoms with E-state index in [1.807, 2.05) is 29.2 Å². The second-order valence-corrected chi connectivity index (χ2v) is 8.28. The number of hydrogen-bond donors (Lipinski definition) is 2. The number of benzene rings is 2. The molecule has 6 nitrogen and oxygen atoms in total. The Morgan fingerprint density at radius 1 is 1.12 bits per heavy atom. The molecule has 0 radical (unpaired) electrons. The fourth-order valence-corrected chi connectivity index (χ4v) is 3.99. The highest BCUT2D eigenvalue weighted by Gasteiger charge is 2.18. The summed E-state index contributed by atoms with van der Waals surface area (Å²) < 4.78 is 6.17. The Kier molecular flexibility index (Phi) is 9.57. The summed E-state index contributed by atoms with van der Waals surface area (Å²) in [6, 6.07) is 14.3. The van der Waals surface area contributed by atoms with E-state index in [1.54, 1.807) is 0 Å². The number of allylic oxidation sites excluding steroid dienone is 1. The number of fused-ring (bicyclic) bond motifs is 1. The largest absolute Gasteiger partial charge is 0.489 e. The van der Waals surface area contributed by atoms with Crippen LogP contribution in [-0.2, 0) is 9.59 Å². The van der Waals surface area contributed by atoms with Crippen LogP contribution >= 0.6 is 0 Å². The van der Waals surface area contributed by atoms with Gasteiger partial charge in [0.1, 0.15) is 12.4 Å². The third-order valence-corrected chi connectivity index (χ3v) is 5.75. The maximum atomic E-state index is 11.7. The number of nitrogens with one attached hydrogen (secondary N) is 1. The number of carboxylic acid groups (broad SMARTS) is 1. The minimum absolute atomic E-state index is 0.211. The van der Waals surface area contributed by atoms with Crippen LogP contribution in [0.25, 0.3) is 10.8 Å². The van der Waals surface area contributed by atoms with Crippen LogP contribution in [0.3, 0.4) is 0 Å². The summed E-state index contributed by atoms with van der Waals surface area (Å²) in [5.41, 5.74) is 1.16. The van der Waals surface area contributed by atoms with Crippen molar-refractivity contribution in [1.29, 1.82) is 0 Å². The predicted octanol–water partition coefficient (Wildman–Crippen LogP) is 4.39. The zero-order chi connectivity index (χ0) is 22.6. The molecule has 6 heteroatoms. The van der Waals surface area contributed by atoms with Crippen LogP contribution < -0.4 is 10.1 Å². The third kappa shape index (κ3) is 7.68. The van der Waals surface area contributed by atoms with E-state index in [4.69, 9.17) is 9.84 Å². The van der Waals surface area contributed by atoms with E-state index < -0.39 is 5.97 Å². The lowest BCUT2D eigenvalue weighted by Crippen LogP contribution is -2.29. The number of ether oxygens (including phenoxy) is 1. The minimum Gasteiger partial charge on any atom is -0.489 e. The molecule has 0 aliphatic carbocycles. The van der Waals surface area contributed by atoms with Gasteiger partial charge in [-0.15, -0.1) is 0 Å². The molecule has 2 aromatic rings. The monoisotopic (exact) mass is 438 g/mol. The molecular weight excluding hydrogens is 404 g/mol. The van der Waals surface area contributed by atoms with E-state index in [0.717, 1.165) is 74.0 Å². The topological polar surface area (TPSA) is 78.9 Å². The van der Waals surface area contributed by atoms with Crippen LogP contribution in [0, 0.1) is 0 Å². The molecule has 3 rings (SSSR count). The van der Waals surface area contributed by atoms with Crippen molar-refractivity contribution in [2.45, 2.75) is 44.9 Å². The lowest BCUT2D eigenvalue weighted by Gasteiger charge is -2.16. The van der Waals surface area contributed by atoms with Crippen LogP contribution in [0.4, 0.5) is 0 Å². The molecular formula is C26H34N2O4. The van der Waals surface area contributed by atoms with E-state index in [-0.39, 0.29) is 12.3 Å². The van der Waals surface area contributed by atoms with Crippen LogP contribution in [0.15, 0.2) is 54.1 Å². The average molecular weight is 439 g/mol. The predicted molar refractivity (Wildman–Crippen MR) is 127 cm³/mol. The first-order valence-corrected chi connectivity index (χ1v) is 11.6. The summed E-state index contributed by atoms with van der Waals surface area (Å²) in [6.07, 6.45) is 7.35. The van der Waals surface area contributed by atoms with E-state index in [0.29, 0.717) is 19.4 Å². The summed E-state index contributed by atoms with van der Waals surface area (Å²) in [6.45, 7) is 3.75. The number of aliphatic carboxylic acids is 1. The van der Waals surface area contributed by atoms with Gasteiger partial charge in [0, 0.05) is 37.9 Å². The Morgan fingerprint density at radius 2 is 1.97 bits per heavy atom. The molecule has 0 atom stereocenters. The Labute approximate surface area is 190 Å². The van der Waals surface area contributed by atoms with Gasteiger partial charge >= 0.3 is 5.97 Å². The fourth-order valence-electron chi connectivity index (χ4n) is 3.99. The molecule has 1 amide bonds. The molecule has 172 valence electrons. The number of unbranched alkanes of at least 4 members (excludes halogenated alkanes) is 2. The van der Waals surface area contributed by atoms with Crippen molar-refractivity contribution in [3.8, 4) is 5.75 Å². The summed E-state index contributed by atoms with van der Waals surface area (Å²) in [5, 5.41) is 14.5. The van der Waals surface area contributed by atoms with Gasteiger partial charge in [-0.25, -0.2) is 0 Å². The Hall–Kier alpha value is -2.86. The smallest absolute Gasteiger partial charge is 0.303 e. The van der Waals surface area contributed by atoms with Gasteiger partial charge in [0.25, 0.3) is 0 Å². The number of carbonyl (C=O) groups is 2. The van der Waals surface area contributed by atoms with Crippen molar-refractivity contribution >= 4 is 22.6 Å². The van der Waals surface area contributed by atoms with Crippen LogP contribution in [0.2, 0.25) is 0 Å². The van der Waals surface area contributed by atoms with Crippen molar-refractivity contribution < 1.29 is 19.4 Å². The highest BCUT2D eigenvalue weighted by molar-refractivity contribution is 5.88. The molecule has 2 aromatic carbocycles. The maximum absolute atomic E-state index is 11.7. The molecule has 1 saturated heterocycles. The van der Waals surface area contributed by atoms with Crippen LogP contribution in [0.5, 0.6) is 5.75 Å². The van der Waals surface area contributed by atoms with Gasteiger partial charge in [0.15, 0.2) is 0 Å². The molecule has 0 saturated carbocycles. The third-order valence-electron chi connectivity index (χ3n) is 5.75. The molecule has 0 bridgehead atoms. The van der Waals surface area contributed by atoms with Crippen molar-refractivity contribution in [3.05, 3.63) is 54.1 Å². The summed E-state index contributed by atoms with van der Waals surface area (Å²) in [4.78, 5) is 24.4. The second kappa shape index (κ2) is 12.9. The van der Waals surface area contributed by atoms with Crippen LogP contribution in [-0.4, -0.2) is 54.7 Å². The average Bonchev–Trinajstić information content (AvgIpc) is 3.20. The number of amides is 1. The van der Waals surface area contributed by atoms with Gasteiger partial charge in [-0.2, -0.15) is 0 Å². The van der Waals surface area contributed by atoms with E-state index >= 15 is 0 Å². The van der Waals surface area contributed by atoms with Gasteiger partial charge in [-0.1, -0.05) is 42.5 Å². The van der Waals surface area contributed by atoms with Crippen LogP contribution in [0.1, 0.15) is 44.9 Å². The molecule has 32 heavy (non-hydrogen) atoms. The lowest BCUT2D eigenvalue weighted by molar-refractivity contribution is -0.137. The normalized spacial score (nSPS) is 14.3. The van der Waals surface area contributed by atoms with E-state index in [9.17, 15) is 9.59 Å². The summed E-state index contributed by atoms with van der Waals surface area (Å²) >= 11 is 0. The molecule has 0 aromatic heterocycles. The van der Waals surface area contributed by atoms with Gasteiger partial charge in [-0.05, 0) is 55.7 Å². The molecule has 1 aliphatic rings. The van der Waals surface area contributed by atoms with Crippen molar-refractivity contribution in [2.75, 3.05) is 32.8 Å². The molecule has 1 heterocycles. The number of likely N-dealkylation sites (tertiary alicyclic amines) is 1. The molecule has 0 unspecified atom stereocenters. The summed E-state index contributed by atoms with van der Waals surface area (Å²) in [5.74, 6) is 0.398. The highest BCUT2D eigenvalue weighted by atomic mass is 16.5. The molecule has 1 aliphatic heterocycles. The number of carbonyl (C=O) groups excluding carboxylic acids is 1. The number of rotatable bonds is 14. The quantitative estimate of drug-likeness (QED) is 0.338. The standard InChI is InChI=1S/C26H34N2O4/c29-25-14-7-17-28(25)18-8-16-27-19-21(9-2-1-3-15-26(30)31)20-32-24-13-6-11-22-10-4-5-12-23(22)24/h4-6,9-13,27H,1-3,7-8,14-20H2,(H,30,31)/b21-9-. The lowest BCUT2D eigenvalue weighted by atomic mass is 10.1. The van der Waals surface area contributed by atoms with Crippen molar-refractivity contribution in [3.63, 3.8) is 0 Å². The van der Waals surface area contributed by atoms with E-state index in [1.165, 1.54) is 0 Å². The molecule has 1 fully saturated rings. The first-order valence-electron chi connectivity index (χ1n) is 11.6. The van der Waals surface area contributed by atoms with E-state index in [2.05, 4.69) is 29.6 Å². The van der Waals surface area contributed by atoms with Crippen molar-refractivity contribution in [2.24, 2.45) is 0 Å². The number of nitrogens with zero attached hydrogens (tertiary/aromatic N) is 1. The Balaban J connectivity index is 1.50. The number of carboxylic acids is 1. The Morgan fingerprint density at radius 3 is 2.78 bits per heavy atom. The zero-order valence-electron chi connectivity index (χ0n) is 18.7. The fraction of sp³-hybridized carbons (Fsp3) is 0.462. The minimum atomic E-state index is -0.744. The maximum Gasteiger partial charge on any atom is 0.303 e. The SMILES string of the molecule is O=C(O)CCCC/C=C(/CNCCCN1CCCC1=O)COc1cccc2ccccc12. The zero-order valence-corrected chi connectivity index (χ0v) is 18.7. The van der Waals surface area contributed by atoms with Crippen molar-refractivity contribution in [1.82, 2.24) is 10.2 Å². The molecule has 2 N–H and O–H groups in total. The second-order valence-electron chi connectivity index (χ2n) is 8.28. The highest BCUT2D eigenvalue weighted by Crippen LogP contribution is 2.25. The first-order chi connectivity index (χ1) is 15.6. The van der Waals surface area contributed by atoms with Gasteiger partial charge in [-0.3, -0.25) is 9.59 Å². The van der Waals surface area contributed by atoms with Gasteiger partial charge in [0.05, 0.1) is 0 Å². The number of hydrogen-bond acceptors (Lipinski definition) is 4. The van der Waals surface area contributed by atoms with Gasteiger partial charge in [0.2, 0.25) is 5.91 Å². The first kappa shape index (κ1) is 23.8.